The van der Waals surface area contributed by atoms with Crippen molar-refractivity contribution >= 4 is 5.57 Å². The first-order chi connectivity index (χ1) is 7.92. The summed E-state index contributed by atoms with van der Waals surface area (Å²) < 4.78 is 0. The average Bonchev–Trinajstić information content (AvgIpc) is 2.38. The Kier molecular flexibility index (Phi) is 3.98. The maximum Gasteiger partial charge on any atom is -0.0121 e. The Morgan fingerprint density at radius 2 is 2.00 bits per heavy atom. The first kappa shape index (κ1) is 11.2. The van der Waals surface area contributed by atoms with E-state index in [2.05, 4.69) is 55.5 Å². The van der Waals surface area contributed by atoms with Crippen molar-refractivity contribution in [1.29, 1.82) is 0 Å². The number of hydrogen-bond acceptors (Lipinski definition) is 0. The molecule has 1 aliphatic carbocycles. The lowest BCUT2D eigenvalue weighted by Crippen LogP contribution is -2.05. The molecule has 0 aliphatic heterocycles. The molecule has 0 nitrogen and oxygen atoms in total. The summed E-state index contributed by atoms with van der Waals surface area (Å²) in [6, 6.07) is 10.8. The van der Waals surface area contributed by atoms with Crippen LogP contribution in [0.1, 0.15) is 38.2 Å². The fourth-order valence-corrected chi connectivity index (χ4v) is 2.36. The Balaban J connectivity index is 2.16. The van der Waals surface area contributed by atoms with Crippen molar-refractivity contribution in [3.05, 3.63) is 54.1 Å². The average molecular weight is 212 g/mol. The fraction of sp³-hybridized carbons (Fsp3) is 0.375. The number of rotatable bonds is 4. The Morgan fingerprint density at radius 1 is 1.19 bits per heavy atom. The lowest BCUT2D eigenvalue weighted by molar-refractivity contribution is 0.571. The van der Waals surface area contributed by atoms with Gasteiger partial charge in [0.05, 0.1) is 0 Å². The molecule has 0 spiro atoms. The second-order valence-corrected chi connectivity index (χ2v) is 4.49. The minimum Gasteiger partial charge on any atom is -0.0839 e. The summed E-state index contributed by atoms with van der Waals surface area (Å²) in [4.78, 5) is 0. The van der Waals surface area contributed by atoms with Crippen molar-refractivity contribution in [1.82, 2.24) is 0 Å². The van der Waals surface area contributed by atoms with Crippen molar-refractivity contribution in [2.24, 2.45) is 5.92 Å². The fourth-order valence-electron chi connectivity index (χ4n) is 2.36. The van der Waals surface area contributed by atoms with Gasteiger partial charge in [-0.05, 0) is 29.9 Å². The molecule has 1 aromatic carbocycles. The predicted octanol–water partition coefficient (Wildman–Crippen LogP) is 4.84. The van der Waals surface area contributed by atoms with Gasteiger partial charge < -0.3 is 0 Å². The van der Waals surface area contributed by atoms with Crippen molar-refractivity contribution in [2.75, 3.05) is 0 Å². The molecule has 0 fully saturated rings. The first-order valence-electron chi connectivity index (χ1n) is 6.34. The summed E-state index contributed by atoms with van der Waals surface area (Å²) in [5.74, 6) is 0.729. The summed E-state index contributed by atoms with van der Waals surface area (Å²) in [7, 11) is 0. The Bertz CT molecular complexity index is 370. The van der Waals surface area contributed by atoms with Crippen LogP contribution in [0.25, 0.3) is 5.57 Å². The van der Waals surface area contributed by atoms with Crippen molar-refractivity contribution in [3.8, 4) is 0 Å². The molecule has 16 heavy (non-hydrogen) atoms. The van der Waals surface area contributed by atoms with Crippen LogP contribution < -0.4 is 0 Å². The number of allylic oxidation sites excluding steroid dienone is 4. The lowest BCUT2D eigenvalue weighted by atomic mass is 9.83. The molecular weight excluding hydrogens is 192 g/mol. The highest BCUT2D eigenvalue weighted by Crippen LogP contribution is 2.32. The third kappa shape index (κ3) is 2.63. The molecular formula is C16H20. The molecule has 84 valence electrons. The third-order valence-electron chi connectivity index (χ3n) is 3.29. The molecule has 2 rings (SSSR count). The van der Waals surface area contributed by atoms with Crippen LogP contribution >= 0.6 is 0 Å². The van der Waals surface area contributed by atoms with Crippen molar-refractivity contribution in [2.45, 2.75) is 32.6 Å². The van der Waals surface area contributed by atoms with E-state index in [1.165, 1.54) is 36.8 Å². The van der Waals surface area contributed by atoms with Crippen LogP contribution in [0.15, 0.2) is 48.6 Å². The molecule has 1 aliphatic rings. The normalized spacial score (nSPS) is 19.6. The molecule has 0 saturated carbocycles. The van der Waals surface area contributed by atoms with Gasteiger partial charge in [-0.3, -0.25) is 0 Å². The van der Waals surface area contributed by atoms with Crippen LogP contribution in [0.4, 0.5) is 0 Å². The SMILES string of the molecule is CCCCC1CC=CC=C1c1ccccc1. The molecule has 0 bridgehead atoms. The van der Waals surface area contributed by atoms with Gasteiger partial charge in [0.15, 0.2) is 0 Å². The van der Waals surface area contributed by atoms with E-state index < -0.39 is 0 Å². The van der Waals surface area contributed by atoms with Gasteiger partial charge in [-0.1, -0.05) is 68.3 Å². The van der Waals surface area contributed by atoms with E-state index in [4.69, 9.17) is 0 Å². The van der Waals surface area contributed by atoms with E-state index in [0.29, 0.717) is 0 Å². The van der Waals surface area contributed by atoms with Crippen LogP contribution in [0.2, 0.25) is 0 Å². The Morgan fingerprint density at radius 3 is 2.75 bits per heavy atom. The smallest absolute Gasteiger partial charge is 0.0121 e. The van der Waals surface area contributed by atoms with Gasteiger partial charge in [-0.2, -0.15) is 0 Å². The molecule has 0 heterocycles. The van der Waals surface area contributed by atoms with Gasteiger partial charge in [0.1, 0.15) is 0 Å². The zero-order valence-corrected chi connectivity index (χ0v) is 10.0. The monoisotopic (exact) mass is 212 g/mol. The standard InChI is InChI=1S/C16H20/c1-2-3-9-14-12-7-8-13-16(14)15-10-5-4-6-11-15/h4-8,10-11,13-14H,2-3,9,12H2,1H3. The van der Waals surface area contributed by atoms with Crippen LogP contribution in [0.5, 0.6) is 0 Å². The highest BCUT2D eigenvalue weighted by atomic mass is 14.2. The van der Waals surface area contributed by atoms with E-state index in [1.54, 1.807) is 0 Å². The van der Waals surface area contributed by atoms with Crippen molar-refractivity contribution in [3.63, 3.8) is 0 Å². The predicted molar refractivity (Wildman–Crippen MR) is 71.2 cm³/mol. The second-order valence-electron chi connectivity index (χ2n) is 4.49. The topological polar surface area (TPSA) is 0 Å². The lowest BCUT2D eigenvalue weighted by Gasteiger charge is -2.21. The van der Waals surface area contributed by atoms with Gasteiger partial charge in [-0.25, -0.2) is 0 Å². The van der Waals surface area contributed by atoms with E-state index >= 15 is 0 Å². The van der Waals surface area contributed by atoms with E-state index in [9.17, 15) is 0 Å². The van der Waals surface area contributed by atoms with Gasteiger partial charge in [0, 0.05) is 0 Å². The molecule has 0 radical (unpaired) electrons. The summed E-state index contributed by atoms with van der Waals surface area (Å²) >= 11 is 0. The van der Waals surface area contributed by atoms with Crippen LogP contribution in [0.3, 0.4) is 0 Å². The third-order valence-corrected chi connectivity index (χ3v) is 3.29. The zero-order chi connectivity index (χ0) is 11.2. The van der Waals surface area contributed by atoms with E-state index in [0.717, 1.165) is 5.92 Å². The minimum atomic E-state index is 0.729. The van der Waals surface area contributed by atoms with Gasteiger partial charge >= 0.3 is 0 Å². The minimum absolute atomic E-state index is 0.729. The van der Waals surface area contributed by atoms with Gasteiger partial charge in [0.25, 0.3) is 0 Å². The molecule has 0 N–H and O–H groups in total. The number of hydrogen-bond donors (Lipinski definition) is 0. The summed E-state index contributed by atoms with van der Waals surface area (Å²) in [5, 5.41) is 0. The molecule has 1 aromatic rings. The molecule has 1 atom stereocenters. The summed E-state index contributed by atoms with van der Waals surface area (Å²) in [6.07, 6.45) is 11.9. The number of unbranched alkanes of at least 4 members (excludes halogenated alkanes) is 1. The Labute approximate surface area is 98.7 Å². The highest BCUT2D eigenvalue weighted by molar-refractivity contribution is 5.70. The summed E-state index contributed by atoms with van der Waals surface area (Å²) in [5.41, 5.74) is 2.92. The van der Waals surface area contributed by atoms with Crippen LogP contribution in [0, 0.1) is 5.92 Å². The molecule has 1 unspecified atom stereocenters. The molecule has 0 amide bonds. The second kappa shape index (κ2) is 5.69. The quantitative estimate of drug-likeness (QED) is 0.670. The highest BCUT2D eigenvalue weighted by Gasteiger charge is 2.15. The number of benzene rings is 1. The molecule has 0 heteroatoms. The van der Waals surface area contributed by atoms with Crippen LogP contribution in [-0.4, -0.2) is 0 Å². The maximum absolute atomic E-state index is 2.30. The van der Waals surface area contributed by atoms with E-state index in [1.807, 2.05) is 0 Å². The van der Waals surface area contributed by atoms with Crippen LogP contribution in [-0.2, 0) is 0 Å². The molecule has 0 saturated heterocycles. The Hall–Kier alpha value is -1.30. The van der Waals surface area contributed by atoms with Crippen molar-refractivity contribution < 1.29 is 0 Å². The van der Waals surface area contributed by atoms with Gasteiger partial charge in [0.2, 0.25) is 0 Å². The zero-order valence-electron chi connectivity index (χ0n) is 10.0. The van der Waals surface area contributed by atoms with E-state index in [-0.39, 0.29) is 0 Å². The first-order valence-corrected chi connectivity index (χ1v) is 6.34. The summed E-state index contributed by atoms with van der Waals surface area (Å²) in [6.45, 7) is 2.27. The van der Waals surface area contributed by atoms with Gasteiger partial charge in [-0.15, -0.1) is 0 Å². The maximum atomic E-state index is 2.30. The largest absolute Gasteiger partial charge is 0.0839 e. The molecule has 0 aromatic heterocycles.